The fourth-order valence-electron chi connectivity index (χ4n) is 0.441. The second-order valence-electron chi connectivity index (χ2n) is 1.60. The maximum absolute atomic E-state index is 7.77. The third-order valence-electron chi connectivity index (χ3n) is 0.844. The topological polar surface area (TPSA) is 25.8 Å². The Kier molecular flexibility index (Phi) is 0.792. The summed E-state index contributed by atoms with van der Waals surface area (Å²) < 4.78 is 51.6. The van der Waals surface area contributed by atoms with E-state index >= 15 is 0 Å². The molecule has 1 heterocycles. The highest BCUT2D eigenvalue weighted by Crippen LogP contribution is 2.10. The van der Waals surface area contributed by atoms with E-state index in [2.05, 4.69) is 25.9 Å². The molecule has 0 aliphatic carbocycles. The first-order chi connectivity index (χ1) is 7.50. The summed E-state index contributed by atoms with van der Waals surface area (Å²) in [4.78, 5) is 7.24. The SMILES string of the molecule is [2H]C([2H])([2H])C([2H])(c1ncc(Br)cn1)C([2H])([2H])[2H]. The number of rotatable bonds is 1. The van der Waals surface area contributed by atoms with E-state index in [0.717, 1.165) is 0 Å². The Morgan fingerprint density at radius 2 is 2.20 bits per heavy atom. The van der Waals surface area contributed by atoms with Crippen molar-refractivity contribution < 1.29 is 9.60 Å². The lowest BCUT2D eigenvalue weighted by atomic mass is 10.2. The molecule has 54 valence electrons. The van der Waals surface area contributed by atoms with E-state index in [1.54, 1.807) is 0 Å². The van der Waals surface area contributed by atoms with Gasteiger partial charge in [-0.3, -0.25) is 0 Å². The Morgan fingerprint density at radius 3 is 2.70 bits per heavy atom. The van der Waals surface area contributed by atoms with Gasteiger partial charge in [0.2, 0.25) is 0 Å². The predicted molar refractivity (Wildman–Crippen MR) is 43.8 cm³/mol. The van der Waals surface area contributed by atoms with Gasteiger partial charge in [0, 0.05) is 27.9 Å². The molecular formula is C7H9BrN2. The van der Waals surface area contributed by atoms with Gasteiger partial charge in [-0.1, -0.05) is 13.7 Å². The van der Waals surface area contributed by atoms with Crippen LogP contribution in [-0.4, -0.2) is 9.97 Å². The molecule has 2 nitrogen and oxygen atoms in total. The molecule has 0 amide bonds. The highest BCUT2D eigenvalue weighted by Gasteiger charge is 1.99. The minimum Gasteiger partial charge on any atom is -0.240 e. The molecule has 0 N–H and O–H groups in total. The standard InChI is InChI=1S/C7H9BrN2/c1-5(2)7-9-3-6(8)4-10-7/h3-5H,1-2H3/i1D3,2D3,5D. The molecule has 0 aliphatic heterocycles. The number of hydrogen-bond donors (Lipinski definition) is 0. The first-order valence-corrected chi connectivity index (χ1v) is 3.27. The van der Waals surface area contributed by atoms with Crippen molar-refractivity contribution in [2.75, 3.05) is 0 Å². The van der Waals surface area contributed by atoms with E-state index in [4.69, 9.17) is 9.60 Å². The number of nitrogens with zero attached hydrogens (tertiary/aromatic N) is 2. The molecule has 1 aromatic heterocycles. The van der Waals surface area contributed by atoms with Crippen molar-refractivity contribution in [3.8, 4) is 0 Å². The van der Waals surface area contributed by atoms with Gasteiger partial charge in [-0.25, -0.2) is 9.97 Å². The van der Waals surface area contributed by atoms with Crippen molar-refractivity contribution in [1.82, 2.24) is 9.97 Å². The summed E-state index contributed by atoms with van der Waals surface area (Å²) in [7, 11) is 0. The quantitative estimate of drug-likeness (QED) is 0.707. The van der Waals surface area contributed by atoms with E-state index in [1.165, 1.54) is 12.4 Å². The fraction of sp³-hybridized carbons (Fsp3) is 0.429. The van der Waals surface area contributed by atoms with Crippen molar-refractivity contribution >= 4 is 15.9 Å². The van der Waals surface area contributed by atoms with Crippen molar-refractivity contribution in [2.24, 2.45) is 0 Å². The first kappa shape index (κ1) is 2.55. The third-order valence-corrected chi connectivity index (χ3v) is 1.25. The number of hydrogen-bond acceptors (Lipinski definition) is 2. The molecule has 0 aliphatic rings. The zero-order valence-electron chi connectivity index (χ0n) is 11.9. The third kappa shape index (κ3) is 1.77. The molecule has 0 unspecified atom stereocenters. The van der Waals surface area contributed by atoms with Crippen LogP contribution in [0, 0.1) is 0 Å². The molecule has 3 heteroatoms. The number of halogens is 1. The Morgan fingerprint density at radius 1 is 1.60 bits per heavy atom. The lowest BCUT2D eigenvalue weighted by Crippen LogP contribution is -1.94. The van der Waals surface area contributed by atoms with Crippen molar-refractivity contribution in [1.29, 1.82) is 0 Å². The van der Waals surface area contributed by atoms with Crippen LogP contribution >= 0.6 is 15.9 Å². The normalized spacial score (nSPS) is 24.3. The fourth-order valence-corrected chi connectivity index (χ4v) is 0.646. The second kappa shape index (κ2) is 3.10. The van der Waals surface area contributed by atoms with Gasteiger partial charge >= 0.3 is 0 Å². The van der Waals surface area contributed by atoms with E-state index in [1.807, 2.05) is 0 Å². The van der Waals surface area contributed by atoms with Crippen LogP contribution in [0.5, 0.6) is 0 Å². The molecule has 0 saturated heterocycles. The van der Waals surface area contributed by atoms with E-state index in [0.29, 0.717) is 4.47 Å². The predicted octanol–water partition coefficient (Wildman–Crippen LogP) is 2.36. The highest BCUT2D eigenvalue weighted by molar-refractivity contribution is 9.10. The molecule has 0 atom stereocenters. The van der Waals surface area contributed by atoms with Crippen LogP contribution in [0.1, 0.15) is 35.0 Å². The van der Waals surface area contributed by atoms with Gasteiger partial charge in [0.15, 0.2) is 0 Å². The highest BCUT2D eigenvalue weighted by atomic mass is 79.9. The smallest absolute Gasteiger partial charge is 0.130 e. The van der Waals surface area contributed by atoms with Crippen molar-refractivity contribution in [3.63, 3.8) is 0 Å². The van der Waals surface area contributed by atoms with E-state index < -0.39 is 25.4 Å². The lowest BCUT2D eigenvalue weighted by molar-refractivity contribution is 0.772. The lowest BCUT2D eigenvalue weighted by Gasteiger charge is -2.00. The Balaban J connectivity index is 3.41. The summed E-state index contributed by atoms with van der Waals surface area (Å²) in [6.07, 6.45) is 2.42. The average molecular weight is 208 g/mol. The Hall–Kier alpha value is -0.440. The summed E-state index contributed by atoms with van der Waals surface area (Å²) in [5, 5.41) is 0. The zero-order valence-corrected chi connectivity index (χ0v) is 6.51. The summed E-state index contributed by atoms with van der Waals surface area (Å²) >= 11 is 3.05. The molecule has 10 heavy (non-hydrogen) atoms. The molecular weight excluding hydrogens is 192 g/mol. The van der Waals surface area contributed by atoms with Crippen LogP contribution in [0.3, 0.4) is 0 Å². The minimum atomic E-state index is -3.05. The Labute approximate surface area is 78.7 Å². The van der Waals surface area contributed by atoms with Crippen molar-refractivity contribution in [3.05, 3.63) is 22.7 Å². The summed E-state index contributed by atoms with van der Waals surface area (Å²) in [6.45, 7) is -6.10. The van der Waals surface area contributed by atoms with Gasteiger partial charge in [-0.2, -0.15) is 0 Å². The maximum atomic E-state index is 7.77. The van der Waals surface area contributed by atoms with Gasteiger partial charge < -0.3 is 0 Å². The number of aromatic nitrogens is 2. The largest absolute Gasteiger partial charge is 0.240 e. The molecule has 0 aromatic carbocycles. The van der Waals surface area contributed by atoms with E-state index in [-0.39, 0.29) is 0 Å². The van der Waals surface area contributed by atoms with Crippen LogP contribution in [0.15, 0.2) is 16.9 Å². The zero-order chi connectivity index (χ0) is 13.5. The maximum Gasteiger partial charge on any atom is 0.130 e. The van der Waals surface area contributed by atoms with Crippen LogP contribution in [0.2, 0.25) is 0 Å². The molecule has 1 aromatic rings. The van der Waals surface area contributed by atoms with Crippen molar-refractivity contribution in [2.45, 2.75) is 19.6 Å². The molecule has 1 rings (SSSR count). The minimum absolute atomic E-state index is 0.472. The molecule has 0 radical (unpaired) electrons. The van der Waals surface area contributed by atoms with Crippen LogP contribution in [-0.2, 0) is 0 Å². The average Bonchev–Trinajstić information content (AvgIpc) is 2.14. The summed E-state index contributed by atoms with van der Waals surface area (Å²) in [6, 6.07) is 0. The molecule has 0 spiro atoms. The van der Waals surface area contributed by atoms with Gasteiger partial charge in [0.05, 0.1) is 4.47 Å². The van der Waals surface area contributed by atoms with Gasteiger partial charge in [0.1, 0.15) is 5.82 Å². The van der Waals surface area contributed by atoms with Gasteiger partial charge in [0.25, 0.3) is 0 Å². The monoisotopic (exact) mass is 207 g/mol. The first-order valence-electron chi connectivity index (χ1n) is 5.98. The molecule has 0 fully saturated rings. The second-order valence-corrected chi connectivity index (χ2v) is 2.52. The molecule has 0 saturated carbocycles. The summed E-state index contributed by atoms with van der Waals surface area (Å²) in [5.74, 6) is -3.37. The summed E-state index contributed by atoms with van der Waals surface area (Å²) in [5.41, 5.74) is 0. The Bertz CT molecular complexity index is 382. The van der Waals surface area contributed by atoms with Crippen LogP contribution in [0.25, 0.3) is 0 Å². The van der Waals surface area contributed by atoms with Crippen LogP contribution in [0.4, 0.5) is 0 Å². The van der Waals surface area contributed by atoms with Crippen LogP contribution < -0.4 is 0 Å². The van der Waals surface area contributed by atoms with Gasteiger partial charge in [-0.15, -0.1) is 0 Å². The molecule has 0 bridgehead atoms. The van der Waals surface area contributed by atoms with Gasteiger partial charge in [-0.05, 0) is 15.9 Å². The van der Waals surface area contributed by atoms with E-state index in [9.17, 15) is 0 Å².